The maximum atomic E-state index is 14.6. The normalized spacial score (nSPS) is 21.2. The van der Waals surface area contributed by atoms with Gasteiger partial charge in [0.2, 0.25) is 0 Å². The van der Waals surface area contributed by atoms with E-state index in [0.717, 1.165) is 18.2 Å². The second kappa shape index (κ2) is 9.57. The molecule has 218 valence electrons. The lowest BCUT2D eigenvalue weighted by Crippen LogP contribution is -2.48. The van der Waals surface area contributed by atoms with Crippen LogP contribution in [0, 0.1) is 15.5 Å². The van der Waals surface area contributed by atoms with Crippen LogP contribution in [0.4, 0.5) is 24.5 Å². The third-order valence-corrected chi connectivity index (χ3v) is 8.92. The zero-order chi connectivity index (χ0) is 31.0. The van der Waals surface area contributed by atoms with E-state index in [-0.39, 0.29) is 27.9 Å². The number of ketones is 3. The number of hydrogen-bond donors (Lipinski definition) is 0. The average molecular weight is 595 g/mol. The molecule has 2 aliphatic heterocycles. The quantitative estimate of drug-likeness (QED) is 0.110. The second-order valence-corrected chi connectivity index (χ2v) is 11.1. The number of nitro benzene ring substituents is 1. The van der Waals surface area contributed by atoms with E-state index >= 15 is 0 Å². The van der Waals surface area contributed by atoms with Crippen LogP contribution in [0.15, 0.2) is 103 Å². The Bertz CT molecular complexity index is 1900. The lowest BCUT2D eigenvalue weighted by molar-refractivity contribution is -0.384. The third kappa shape index (κ3) is 3.73. The van der Waals surface area contributed by atoms with Gasteiger partial charge in [0, 0.05) is 40.4 Å². The Morgan fingerprint density at radius 2 is 1.48 bits per heavy atom. The number of hydrogen-bond acceptors (Lipinski definition) is 6. The molecule has 0 aromatic heterocycles. The molecule has 7 nitrogen and oxygen atoms in total. The molecule has 0 amide bonds. The molecule has 4 aromatic carbocycles. The highest BCUT2D eigenvalue weighted by molar-refractivity contribution is 6.32. The topological polar surface area (TPSA) is 97.6 Å². The van der Waals surface area contributed by atoms with Gasteiger partial charge in [0.05, 0.1) is 16.5 Å². The van der Waals surface area contributed by atoms with Crippen molar-refractivity contribution in [3.63, 3.8) is 0 Å². The number of benzene rings is 4. The highest BCUT2D eigenvalue weighted by Crippen LogP contribution is 2.61. The van der Waals surface area contributed by atoms with Gasteiger partial charge in [-0.25, -0.2) is 0 Å². The van der Waals surface area contributed by atoms with Gasteiger partial charge in [0.25, 0.3) is 5.69 Å². The van der Waals surface area contributed by atoms with Crippen LogP contribution in [0.2, 0.25) is 0 Å². The van der Waals surface area contributed by atoms with Gasteiger partial charge in [-0.1, -0.05) is 78.9 Å². The monoisotopic (exact) mass is 594 g/mol. The average Bonchev–Trinajstić information content (AvgIpc) is 3.46. The number of alkyl halides is 3. The summed E-state index contributed by atoms with van der Waals surface area (Å²) in [5, 5.41) is 11.6. The summed E-state index contributed by atoms with van der Waals surface area (Å²) in [7, 11) is 0. The van der Waals surface area contributed by atoms with Gasteiger partial charge >= 0.3 is 6.18 Å². The molecule has 1 saturated heterocycles. The fourth-order valence-corrected chi connectivity index (χ4v) is 7.11. The third-order valence-electron chi connectivity index (χ3n) is 8.92. The van der Waals surface area contributed by atoms with E-state index in [2.05, 4.69) is 0 Å². The van der Waals surface area contributed by atoms with Crippen molar-refractivity contribution in [2.45, 2.75) is 24.2 Å². The molecule has 3 aliphatic rings. The van der Waals surface area contributed by atoms with Crippen LogP contribution in [0.1, 0.15) is 53.7 Å². The summed E-state index contributed by atoms with van der Waals surface area (Å²) in [5.74, 6) is -2.92. The van der Waals surface area contributed by atoms with Crippen molar-refractivity contribution in [1.82, 2.24) is 0 Å². The number of non-ortho nitro benzene ring substituents is 1. The lowest BCUT2D eigenvalue weighted by atomic mass is 9.64. The van der Waals surface area contributed by atoms with E-state index in [1.54, 1.807) is 47.4 Å². The summed E-state index contributed by atoms with van der Waals surface area (Å²) < 4.78 is 40.8. The number of nitro groups is 1. The SMILES string of the molecule is O=C(c1cccc([N+](=O)[O-])c1)[C@@H]1[C@@H](c2ccc(C(F)(F)F)cc2)C2(C(=O)c3ccccc3C2=O)[C@H]2C=Cc3ccccc3N12. The van der Waals surface area contributed by atoms with E-state index in [9.17, 15) is 37.7 Å². The molecular weight excluding hydrogens is 573 g/mol. The van der Waals surface area contributed by atoms with E-state index in [1.807, 2.05) is 6.07 Å². The molecular formula is C34H21F3N2O5. The lowest BCUT2D eigenvalue weighted by Gasteiger charge is -2.37. The standard InChI is InChI=1S/C34H21F3N2O5/c35-34(36,37)22-15-12-20(13-16-22)28-29(30(40)21-7-5-8-23(18-21)39(43)44)38-26-11-4-1-6-19(26)14-17-27(38)33(28)31(41)24-9-2-3-10-25(24)32(33)42/h1-18,27-29H/t27-,28-,29+/m1/s1. The fraction of sp³-hybridized carbons (Fsp3) is 0.147. The molecule has 4 aromatic rings. The number of anilines is 1. The van der Waals surface area contributed by atoms with Crippen LogP contribution >= 0.6 is 0 Å². The summed E-state index contributed by atoms with van der Waals surface area (Å²) in [6.45, 7) is 0. The number of para-hydroxylation sites is 1. The Balaban J connectivity index is 1.53. The highest BCUT2D eigenvalue weighted by atomic mass is 19.4. The maximum Gasteiger partial charge on any atom is 0.416 e. The molecule has 0 saturated carbocycles. The van der Waals surface area contributed by atoms with Crippen molar-refractivity contribution < 1.29 is 32.5 Å². The van der Waals surface area contributed by atoms with Crippen molar-refractivity contribution in [2.24, 2.45) is 5.41 Å². The first kappa shape index (κ1) is 27.5. The van der Waals surface area contributed by atoms with E-state index in [1.165, 1.54) is 42.5 Å². The van der Waals surface area contributed by atoms with Crippen LogP contribution in [0.5, 0.6) is 0 Å². The number of carbonyl (C=O) groups is 3. The highest BCUT2D eigenvalue weighted by Gasteiger charge is 2.71. The molecule has 1 aliphatic carbocycles. The summed E-state index contributed by atoms with van der Waals surface area (Å²) in [4.78, 5) is 56.5. The predicted molar refractivity (Wildman–Crippen MR) is 155 cm³/mol. The van der Waals surface area contributed by atoms with Crippen molar-refractivity contribution in [3.05, 3.63) is 147 Å². The second-order valence-electron chi connectivity index (χ2n) is 11.1. The zero-order valence-corrected chi connectivity index (χ0v) is 22.7. The number of rotatable bonds is 4. The molecule has 1 spiro atoms. The first-order chi connectivity index (χ1) is 21.0. The van der Waals surface area contributed by atoms with Gasteiger partial charge in [0.15, 0.2) is 17.3 Å². The Hall–Kier alpha value is -5.38. The van der Waals surface area contributed by atoms with Gasteiger partial charge in [-0.05, 0) is 29.3 Å². The van der Waals surface area contributed by atoms with Crippen molar-refractivity contribution in [1.29, 1.82) is 0 Å². The number of halogens is 3. The Morgan fingerprint density at radius 1 is 0.841 bits per heavy atom. The van der Waals surface area contributed by atoms with E-state index in [4.69, 9.17) is 0 Å². The van der Waals surface area contributed by atoms with Crippen LogP contribution < -0.4 is 4.90 Å². The summed E-state index contributed by atoms with van der Waals surface area (Å²) in [6.07, 6.45) is -1.17. The summed E-state index contributed by atoms with van der Waals surface area (Å²) in [6, 6.07) is 20.5. The molecule has 10 heteroatoms. The fourth-order valence-electron chi connectivity index (χ4n) is 7.11. The van der Waals surface area contributed by atoms with Gasteiger partial charge in [-0.3, -0.25) is 24.5 Å². The Kier molecular flexibility index (Phi) is 5.97. The van der Waals surface area contributed by atoms with Crippen LogP contribution in [0.3, 0.4) is 0 Å². The van der Waals surface area contributed by atoms with Gasteiger partial charge < -0.3 is 4.90 Å². The minimum absolute atomic E-state index is 0.0284. The number of carbonyl (C=O) groups excluding carboxylic acids is 3. The first-order valence-electron chi connectivity index (χ1n) is 13.7. The number of fused-ring (bicyclic) bond motifs is 5. The largest absolute Gasteiger partial charge is 0.416 e. The molecule has 1 fully saturated rings. The van der Waals surface area contributed by atoms with E-state index in [0.29, 0.717) is 11.3 Å². The molecule has 7 rings (SSSR count). The molecule has 44 heavy (non-hydrogen) atoms. The molecule has 2 heterocycles. The Morgan fingerprint density at radius 3 is 2.11 bits per heavy atom. The van der Waals surface area contributed by atoms with Gasteiger partial charge in [-0.15, -0.1) is 0 Å². The number of Topliss-reactive ketones (excluding diaryl/α,β-unsaturated/α-hetero) is 3. The molecule has 0 radical (unpaired) electrons. The minimum Gasteiger partial charge on any atom is -0.352 e. The zero-order valence-electron chi connectivity index (χ0n) is 22.7. The van der Waals surface area contributed by atoms with Crippen molar-refractivity contribution in [2.75, 3.05) is 4.90 Å². The smallest absolute Gasteiger partial charge is 0.352 e. The van der Waals surface area contributed by atoms with Gasteiger partial charge in [-0.2, -0.15) is 13.2 Å². The van der Waals surface area contributed by atoms with Crippen LogP contribution in [-0.2, 0) is 6.18 Å². The van der Waals surface area contributed by atoms with Crippen molar-refractivity contribution >= 4 is 34.8 Å². The summed E-state index contributed by atoms with van der Waals surface area (Å²) in [5.41, 5.74) is -1.40. The molecule has 0 N–H and O–H groups in total. The first-order valence-corrected chi connectivity index (χ1v) is 13.7. The minimum atomic E-state index is -4.64. The summed E-state index contributed by atoms with van der Waals surface area (Å²) >= 11 is 0. The Labute approximate surface area is 248 Å². The van der Waals surface area contributed by atoms with Crippen molar-refractivity contribution in [3.8, 4) is 0 Å². The molecule has 0 unspecified atom stereocenters. The number of nitrogens with zero attached hydrogens (tertiary/aromatic N) is 2. The van der Waals surface area contributed by atoms with E-state index < -0.39 is 57.4 Å². The maximum absolute atomic E-state index is 14.6. The van der Waals surface area contributed by atoms with Crippen LogP contribution in [-0.4, -0.2) is 34.4 Å². The molecule has 0 bridgehead atoms. The van der Waals surface area contributed by atoms with Crippen LogP contribution in [0.25, 0.3) is 6.08 Å². The molecule has 3 atom stereocenters. The predicted octanol–water partition coefficient (Wildman–Crippen LogP) is 6.93. The van der Waals surface area contributed by atoms with Gasteiger partial charge in [0.1, 0.15) is 11.5 Å².